The Balaban J connectivity index is 4.00. The molecule has 0 aliphatic heterocycles. The van der Waals surface area contributed by atoms with Crippen LogP contribution in [0, 0.1) is 0 Å². The first-order valence-electron chi connectivity index (χ1n) is 27.8. The van der Waals surface area contributed by atoms with E-state index in [0.717, 1.165) is 64.2 Å². The minimum atomic E-state index is -1.51. The predicted molar refractivity (Wildman–Crippen MR) is 281 cm³/mol. The van der Waals surface area contributed by atoms with Gasteiger partial charge in [-0.3, -0.25) is 9.59 Å². The highest BCUT2D eigenvalue weighted by molar-refractivity contribution is 5.71. The summed E-state index contributed by atoms with van der Waals surface area (Å²) >= 11 is 0. The van der Waals surface area contributed by atoms with Gasteiger partial charge in [0.15, 0.2) is 6.10 Å². The van der Waals surface area contributed by atoms with Crippen LogP contribution in [0.1, 0.15) is 245 Å². The molecule has 0 saturated heterocycles. The summed E-state index contributed by atoms with van der Waals surface area (Å²) in [6, 6.07) is 0. The highest BCUT2D eigenvalue weighted by Crippen LogP contribution is 2.17. The molecule has 390 valence electrons. The van der Waals surface area contributed by atoms with E-state index in [4.69, 9.17) is 18.9 Å². The molecule has 2 unspecified atom stereocenters. The number of ether oxygens (including phenoxy) is 4. The van der Waals surface area contributed by atoms with Crippen LogP contribution in [0.25, 0.3) is 0 Å². The molecule has 0 aliphatic carbocycles. The quantitative estimate of drug-likeness (QED) is 0.0211. The van der Waals surface area contributed by atoms with Crippen LogP contribution in [0.4, 0.5) is 0 Å². The molecule has 0 aliphatic rings. The second-order valence-corrected chi connectivity index (χ2v) is 19.9. The molecule has 0 fully saturated rings. The monoisotopic (exact) mass is 945 g/mol. The molecule has 0 rings (SSSR count). The van der Waals surface area contributed by atoms with Crippen molar-refractivity contribution >= 4 is 17.9 Å². The van der Waals surface area contributed by atoms with Crippen molar-refractivity contribution in [3.8, 4) is 0 Å². The summed E-state index contributed by atoms with van der Waals surface area (Å²) in [5, 5.41) is 9.65. The minimum Gasteiger partial charge on any atom is -0.477 e. The fraction of sp³-hybridized carbons (Fsp3) is 0.810. The van der Waals surface area contributed by atoms with Gasteiger partial charge in [-0.05, 0) is 51.4 Å². The molecule has 0 aromatic rings. The van der Waals surface area contributed by atoms with Crippen molar-refractivity contribution in [1.29, 1.82) is 0 Å². The predicted octanol–water partition coefficient (Wildman–Crippen LogP) is 15.9. The van der Waals surface area contributed by atoms with Crippen LogP contribution in [0.2, 0.25) is 0 Å². The minimum absolute atomic E-state index is 0.178. The maximum atomic E-state index is 12.8. The average Bonchev–Trinajstić information content (AvgIpc) is 3.29. The first-order valence-corrected chi connectivity index (χ1v) is 27.8. The van der Waals surface area contributed by atoms with E-state index in [2.05, 4.69) is 62.5 Å². The summed E-state index contributed by atoms with van der Waals surface area (Å²) in [5.41, 5.74) is 0. The van der Waals surface area contributed by atoms with Crippen molar-refractivity contribution in [2.45, 2.75) is 257 Å². The molecule has 9 heteroatoms. The fourth-order valence-corrected chi connectivity index (χ4v) is 7.83. The van der Waals surface area contributed by atoms with E-state index in [1.807, 2.05) is 21.1 Å². The summed E-state index contributed by atoms with van der Waals surface area (Å²) in [4.78, 5) is 37.2. The number of carbonyl (C=O) groups is 3. The zero-order valence-electron chi connectivity index (χ0n) is 44.3. The summed E-state index contributed by atoms with van der Waals surface area (Å²) in [6.07, 6.45) is 57.9. The van der Waals surface area contributed by atoms with Gasteiger partial charge in [0.25, 0.3) is 6.29 Å². The number of carboxylic acids is 1. The van der Waals surface area contributed by atoms with Crippen molar-refractivity contribution in [3.05, 3.63) is 48.6 Å². The SMILES string of the molecule is CC/C=C\C/C=C\C/C=C\C/C=C\CCCCCCCCCCCCCCCCCCCCCCC(=O)OC(COC(=O)CCCCCCCCCCC)COC(OCC[N+](C)(C)C)C(=O)O. The van der Waals surface area contributed by atoms with E-state index in [1.165, 1.54) is 154 Å². The Morgan fingerprint density at radius 1 is 0.463 bits per heavy atom. The first-order chi connectivity index (χ1) is 32.6. The van der Waals surface area contributed by atoms with E-state index < -0.39 is 24.3 Å². The summed E-state index contributed by atoms with van der Waals surface area (Å²) < 4.78 is 22.8. The second-order valence-electron chi connectivity index (χ2n) is 19.9. The lowest BCUT2D eigenvalue weighted by Gasteiger charge is -2.25. The van der Waals surface area contributed by atoms with Gasteiger partial charge in [-0.1, -0.05) is 229 Å². The van der Waals surface area contributed by atoms with E-state index in [9.17, 15) is 19.5 Å². The van der Waals surface area contributed by atoms with Crippen LogP contribution in [0.15, 0.2) is 48.6 Å². The number of carboxylic acid groups (broad SMARTS) is 1. The number of carbonyl (C=O) groups excluding carboxylic acids is 2. The van der Waals surface area contributed by atoms with Crippen LogP contribution in [-0.4, -0.2) is 87.4 Å². The number of hydrogen-bond donors (Lipinski definition) is 1. The fourth-order valence-electron chi connectivity index (χ4n) is 7.83. The Hall–Kier alpha value is -2.75. The third-order valence-corrected chi connectivity index (χ3v) is 12.1. The van der Waals surface area contributed by atoms with Crippen LogP contribution < -0.4 is 0 Å². The number of nitrogens with zero attached hydrogens (tertiary/aromatic N) is 1. The van der Waals surface area contributed by atoms with Gasteiger partial charge in [-0.2, -0.15) is 0 Å². The standard InChI is InChI=1S/C58H105NO8/c1-6-8-10-12-14-16-17-18-19-20-21-22-23-24-25-26-27-28-29-30-31-32-33-34-35-36-37-38-39-41-43-45-47-49-56(61)67-54(53-66-58(57(62)63)64-51-50-59(3,4)5)52-65-55(60)48-46-44-42-40-15-13-11-9-7-2/h8,10,14,16,18-19,21-22,54,58H,6-7,9,11-13,15,17,20,23-53H2,1-5H3/p+1/b10-8-,16-14-,19-18-,22-21-. The van der Waals surface area contributed by atoms with E-state index in [0.29, 0.717) is 17.4 Å². The van der Waals surface area contributed by atoms with Gasteiger partial charge in [-0.25, -0.2) is 4.79 Å². The summed E-state index contributed by atoms with van der Waals surface area (Å²) in [7, 11) is 5.96. The number of allylic oxidation sites excluding steroid dienone is 8. The maximum absolute atomic E-state index is 12.8. The first kappa shape index (κ1) is 64.2. The van der Waals surface area contributed by atoms with Crippen LogP contribution in [-0.2, 0) is 33.3 Å². The van der Waals surface area contributed by atoms with Crippen LogP contribution in [0.3, 0.4) is 0 Å². The molecule has 0 amide bonds. The zero-order chi connectivity index (χ0) is 49.2. The Morgan fingerprint density at radius 2 is 0.851 bits per heavy atom. The van der Waals surface area contributed by atoms with Gasteiger partial charge in [0.2, 0.25) is 0 Å². The average molecular weight is 945 g/mol. The third-order valence-electron chi connectivity index (χ3n) is 12.1. The van der Waals surface area contributed by atoms with Crippen LogP contribution in [0.5, 0.6) is 0 Å². The number of unbranched alkanes of at least 4 members (excludes halogenated alkanes) is 28. The van der Waals surface area contributed by atoms with E-state index in [1.54, 1.807) is 0 Å². The van der Waals surface area contributed by atoms with E-state index >= 15 is 0 Å². The van der Waals surface area contributed by atoms with Gasteiger partial charge in [0.1, 0.15) is 13.2 Å². The molecule has 0 aromatic carbocycles. The van der Waals surface area contributed by atoms with Gasteiger partial charge >= 0.3 is 17.9 Å². The van der Waals surface area contributed by atoms with Crippen molar-refractivity contribution in [3.63, 3.8) is 0 Å². The van der Waals surface area contributed by atoms with Crippen molar-refractivity contribution in [2.75, 3.05) is 47.5 Å². The van der Waals surface area contributed by atoms with Crippen molar-refractivity contribution < 1.29 is 42.9 Å². The molecular formula is C58H106NO8+. The van der Waals surface area contributed by atoms with E-state index in [-0.39, 0.29) is 32.2 Å². The molecule has 1 N–H and O–H groups in total. The number of quaternary nitrogens is 1. The Labute approximate surface area is 412 Å². The molecular weight excluding hydrogens is 839 g/mol. The van der Waals surface area contributed by atoms with Gasteiger partial charge < -0.3 is 28.5 Å². The van der Waals surface area contributed by atoms with Crippen molar-refractivity contribution in [2.24, 2.45) is 0 Å². The van der Waals surface area contributed by atoms with Gasteiger partial charge in [0.05, 0.1) is 34.4 Å². The Kier molecular flexibility index (Phi) is 47.6. The molecule has 0 saturated carbocycles. The largest absolute Gasteiger partial charge is 0.477 e. The molecule has 0 bridgehead atoms. The highest BCUT2D eigenvalue weighted by atomic mass is 16.7. The van der Waals surface area contributed by atoms with Gasteiger partial charge in [-0.15, -0.1) is 0 Å². The molecule has 0 aromatic heterocycles. The summed E-state index contributed by atoms with van der Waals surface area (Å²) in [5.74, 6) is -2.00. The molecule has 0 radical (unpaired) electrons. The maximum Gasteiger partial charge on any atom is 0.361 e. The Bertz CT molecular complexity index is 1240. The number of hydrogen-bond acceptors (Lipinski definition) is 7. The molecule has 9 nitrogen and oxygen atoms in total. The molecule has 0 heterocycles. The highest BCUT2D eigenvalue weighted by Gasteiger charge is 2.25. The Morgan fingerprint density at radius 3 is 1.27 bits per heavy atom. The lowest BCUT2D eigenvalue weighted by molar-refractivity contribution is -0.870. The number of rotatable bonds is 51. The number of esters is 2. The van der Waals surface area contributed by atoms with Gasteiger partial charge in [0, 0.05) is 12.8 Å². The normalized spacial score (nSPS) is 13.1. The lowest BCUT2D eigenvalue weighted by Crippen LogP contribution is -2.40. The second kappa shape index (κ2) is 49.7. The summed E-state index contributed by atoms with van der Waals surface area (Å²) in [6.45, 7) is 4.76. The van der Waals surface area contributed by atoms with Crippen molar-refractivity contribution in [1.82, 2.24) is 0 Å². The van der Waals surface area contributed by atoms with Crippen LogP contribution >= 0.6 is 0 Å². The number of likely N-dealkylation sites (N-methyl/N-ethyl adjacent to an activating group) is 1. The zero-order valence-corrected chi connectivity index (χ0v) is 44.3. The smallest absolute Gasteiger partial charge is 0.361 e. The molecule has 2 atom stereocenters. The topological polar surface area (TPSA) is 108 Å². The third kappa shape index (κ3) is 50.9. The number of aliphatic carboxylic acids is 1. The lowest BCUT2D eigenvalue weighted by atomic mass is 10.0. The molecule has 0 spiro atoms. The molecule has 67 heavy (non-hydrogen) atoms.